The summed E-state index contributed by atoms with van der Waals surface area (Å²) in [4.78, 5) is 24.7. The van der Waals surface area contributed by atoms with Gasteiger partial charge in [-0.1, -0.05) is 5.21 Å². The highest BCUT2D eigenvalue weighted by Crippen LogP contribution is 2.28. The lowest BCUT2D eigenvalue weighted by Crippen LogP contribution is -2.43. The summed E-state index contributed by atoms with van der Waals surface area (Å²) in [6, 6.07) is 0.426. The van der Waals surface area contributed by atoms with Gasteiger partial charge in [-0.3, -0.25) is 9.59 Å². The molecule has 1 saturated heterocycles. The topological polar surface area (TPSA) is 100 Å². The van der Waals surface area contributed by atoms with Crippen molar-refractivity contribution in [3.63, 3.8) is 0 Å². The van der Waals surface area contributed by atoms with Crippen molar-refractivity contribution in [2.75, 3.05) is 19.6 Å². The van der Waals surface area contributed by atoms with Crippen LogP contribution in [0.3, 0.4) is 0 Å². The predicted octanol–water partition coefficient (Wildman–Crippen LogP) is -0.498. The number of carboxylic acid groups (broad SMARTS) is 1. The van der Waals surface area contributed by atoms with Crippen molar-refractivity contribution in [2.45, 2.75) is 31.3 Å². The van der Waals surface area contributed by atoms with E-state index >= 15 is 0 Å². The van der Waals surface area contributed by atoms with Gasteiger partial charge >= 0.3 is 5.97 Å². The lowest BCUT2D eigenvalue weighted by atomic mass is 10.2. The van der Waals surface area contributed by atoms with Crippen LogP contribution in [0.5, 0.6) is 0 Å². The second kappa shape index (κ2) is 5.20. The van der Waals surface area contributed by atoms with Crippen LogP contribution < -0.4 is 5.32 Å². The van der Waals surface area contributed by atoms with Gasteiger partial charge in [0.25, 0.3) is 5.91 Å². The van der Waals surface area contributed by atoms with Gasteiger partial charge in [0.15, 0.2) is 5.69 Å². The Bertz CT molecular complexity index is 521. The van der Waals surface area contributed by atoms with Crippen LogP contribution >= 0.6 is 0 Å². The third-order valence-corrected chi connectivity index (χ3v) is 3.68. The largest absolute Gasteiger partial charge is 0.481 e. The minimum atomic E-state index is -0.896. The molecule has 0 unspecified atom stereocenters. The van der Waals surface area contributed by atoms with Gasteiger partial charge in [-0.15, -0.1) is 5.10 Å². The Hall–Kier alpha value is -1.96. The molecule has 2 aliphatic rings. The van der Waals surface area contributed by atoms with Gasteiger partial charge in [0, 0.05) is 25.7 Å². The predicted molar refractivity (Wildman–Crippen MR) is 68.2 cm³/mol. The van der Waals surface area contributed by atoms with Gasteiger partial charge in [-0.25, -0.2) is 4.68 Å². The number of aromatic nitrogens is 3. The van der Waals surface area contributed by atoms with Crippen LogP contribution in [0.4, 0.5) is 0 Å². The second-order valence-corrected chi connectivity index (χ2v) is 5.27. The zero-order chi connectivity index (χ0) is 14.1. The van der Waals surface area contributed by atoms with Crippen molar-refractivity contribution in [2.24, 2.45) is 0 Å². The molecule has 108 valence electrons. The highest BCUT2D eigenvalue weighted by Gasteiger charge is 2.34. The molecule has 2 fully saturated rings. The van der Waals surface area contributed by atoms with E-state index in [0.717, 1.165) is 25.9 Å². The fourth-order valence-electron chi connectivity index (χ4n) is 2.21. The van der Waals surface area contributed by atoms with E-state index in [9.17, 15) is 9.59 Å². The van der Waals surface area contributed by atoms with Crippen molar-refractivity contribution in [1.82, 2.24) is 25.2 Å². The lowest BCUT2D eigenvalue weighted by molar-refractivity contribution is -0.137. The molecule has 0 radical (unpaired) electrons. The van der Waals surface area contributed by atoms with Crippen LogP contribution in [0.2, 0.25) is 0 Å². The zero-order valence-electron chi connectivity index (χ0n) is 11.0. The molecular formula is C12H17N5O3. The minimum absolute atomic E-state index is 0.0388. The number of nitrogens with one attached hydrogen (secondary N) is 1. The molecule has 0 bridgehead atoms. The Kier molecular flexibility index (Phi) is 3.39. The van der Waals surface area contributed by atoms with Crippen LogP contribution in [0.1, 0.15) is 35.8 Å². The number of carboxylic acids is 1. The van der Waals surface area contributed by atoms with E-state index in [2.05, 4.69) is 15.6 Å². The maximum atomic E-state index is 12.4. The van der Waals surface area contributed by atoms with Crippen molar-refractivity contribution in [3.8, 4) is 0 Å². The molecule has 1 saturated carbocycles. The van der Waals surface area contributed by atoms with Crippen LogP contribution in [-0.2, 0) is 4.79 Å². The molecular weight excluding hydrogens is 262 g/mol. The molecule has 8 heteroatoms. The summed E-state index contributed by atoms with van der Waals surface area (Å²) in [7, 11) is 0. The van der Waals surface area contributed by atoms with E-state index in [0.29, 0.717) is 5.69 Å². The summed E-state index contributed by atoms with van der Waals surface area (Å²) < 4.78 is 1.70. The van der Waals surface area contributed by atoms with Crippen LogP contribution in [0.25, 0.3) is 0 Å². The molecule has 2 N–H and O–H groups in total. The molecule has 1 amide bonds. The highest BCUT2D eigenvalue weighted by molar-refractivity contribution is 5.92. The minimum Gasteiger partial charge on any atom is -0.481 e. The van der Waals surface area contributed by atoms with E-state index in [4.69, 9.17) is 5.11 Å². The molecule has 0 aromatic carbocycles. The monoisotopic (exact) mass is 279 g/mol. The fraction of sp³-hybridized carbons (Fsp3) is 0.667. The molecule has 0 spiro atoms. The summed E-state index contributed by atoms with van der Waals surface area (Å²) in [6.45, 7) is 1.90. The van der Waals surface area contributed by atoms with Crippen LogP contribution in [0.15, 0.2) is 6.20 Å². The van der Waals surface area contributed by atoms with E-state index in [1.165, 1.54) is 0 Å². The summed E-state index contributed by atoms with van der Waals surface area (Å²) in [5.74, 6) is -1.11. The van der Waals surface area contributed by atoms with Gasteiger partial charge in [0.2, 0.25) is 0 Å². The van der Waals surface area contributed by atoms with Gasteiger partial charge < -0.3 is 15.3 Å². The van der Waals surface area contributed by atoms with Crippen LogP contribution in [-0.4, -0.2) is 62.6 Å². The van der Waals surface area contributed by atoms with Crippen LogP contribution in [0, 0.1) is 0 Å². The maximum absolute atomic E-state index is 12.4. The summed E-state index contributed by atoms with van der Waals surface area (Å²) in [5.41, 5.74) is 0.300. The number of aliphatic carboxylic acids is 1. The summed E-state index contributed by atoms with van der Waals surface area (Å²) >= 11 is 0. The third kappa shape index (κ3) is 2.64. The second-order valence-electron chi connectivity index (χ2n) is 5.27. The molecule has 1 aliphatic carbocycles. The average molecular weight is 279 g/mol. The number of carbonyl (C=O) groups excluding carboxylic acids is 1. The van der Waals surface area contributed by atoms with Gasteiger partial charge in [-0.05, 0) is 12.8 Å². The number of nitrogens with zero attached hydrogens (tertiary/aromatic N) is 4. The van der Waals surface area contributed by atoms with E-state index in [-0.39, 0.29) is 31.0 Å². The summed E-state index contributed by atoms with van der Waals surface area (Å²) in [5, 5.41) is 19.8. The van der Waals surface area contributed by atoms with E-state index in [1.54, 1.807) is 15.8 Å². The average Bonchev–Trinajstić information content (AvgIpc) is 3.06. The SMILES string of the molecule is O=C(O)CCN(C(=O)c1cn(C2CNC2)nn1)C1CC1. The first-order valence-corrected chi connectivity index (χ1v) is 6.80. The van der Waals surface area contributed by atoms with Crippen molar-refractivity contribution < 1.29 is 14.7 Å². The zero-order valence-corrected chi connectivity index (χ0v) is 11.0. The van der Waals surface area contributed by atoms with E-state index in [1.807, 2.05) is 0 Å². The number of rotatable bonds is 6. The maximum Gasteiger partial charge on any atom is 0.305 e. The van der Waals surface area contributed by atoms with Crippen molar-refractivity contribution in [1.29, 1.82) is 0 Å². The first-order chi connectivity index (χ1) is 9.65. The molecule has 3 rings (SSSR count). The molecule has 8 nitrogen and oxygen atoms in total. The molecule has 1 aromatic heterocycles. The normalized spacial score (nSPS) is 18.6. The molecule has 20 heavy (non-hydrogen) atoms. The van der Waals surface area contributed by atoms with Gasteiger partial charge in [0.05, 0.1) is 18.7 Å². The lowest BCUT2D eigenvalue weighted by Gasteiger charge is -2.26. The highest BCUT2D eigenvalue weighted by atomic mass is 16.4. The fourth-order valence-corrected chi connectivity index (χ4v) is 2.21. The first-order valence-electron chi connectivity index (χ1n) is 6.80. The Morgan fingerprint density at radius 2 is 2.20 bits per heavy atom. The first kappa shape index (κ1) is 13.0. The summed E-state index contributed by atoms with van der Waals surface area (Å²) in [6.07, 6.45) is 3.49. The molecule has 1 aromatic rings. The smallest absolute Gasteiger partial charge is 0.305 e. The Labute approximate surface area is 115 Å². The Morgan fingerprint density at radius 1 is 1.45 bits per heavy atom. The number of hydrogen-bond acceptors (Lipinski definition) is 5. The third-order valence-electron chi connectivity index (χ3n) is 3.68. The molecule has 0 atom stereocenters. The number of carbonyl (C=O) groups is 2. The van der Waals surface area contributed by atoms with Crippen molar-refractivity contribution >= 4 is 11.9 Å². The van der Waals surface area contributed by atoms with E-state index < -0.39 is 5.97 Å². The Balaban J connectivity index is 1.68. The quantitative estimate of drug-likeness (QED) is 0.728. The number of hydrogen-bond donors (Lipinski definition) is 2. The Morgan fingerprint density at radius 3 is 2.75 bits per heavy atom. The standard InChI is InChI=1S/C12H17N5O3/c18-11(19)3-4-16(8-1-2-8)12(20)10-7-17(15-14-10)9-5-13-6-9/h7-9,13H,1-6H2,(H,18,19). The van der Waals surface area contributed by atoms with Gasteiger partial charge in [0.1, 0.15) is 0 Å². The van der Waals surface area contributed by atoms with Crippen molar-refractivity contribution in [3.05, 3.63) is 11.9 Å². The number of amides is 1. The molecule has 1 aliphatic heterocycles. The van der Waals surface area contributed by atoms with Gasteiger partial charge in [-0.2, -0.15) is 0 Å². The molecule has 2 heterocycles.